The van der Waals surface area contributed by atoms with Crippen molar-refractivity contribution in [2.75, 3.05) is 5.32 Å². The third-order valence-corrected chi connectivity index (χ3v) is 3.53. The summed E-state index contributed by atoms with van der Waals surface area (Å²) in [6.45, 7) is 1.33. The number of imide groups is 1. The fraction of sp³-hybridized carbons (Fsp3) is 0.118. The highest BCUT2D eigenvalue weighted by Crippen LogP contribution is 2.29. The highest BCUT2D eigenvalue weighted by Gasteiger charge is 2.39. The number of hydrogen-bond acceptors (Lipinski definition) is 5. The summed E-state index contributed by atoms with van der Waals surface area (Å²) < 4.78 is 5.13. The smallest absolute Gasteiger partial charge is 0.296 e. The van der Waals surface area contributed by atoms with Gasteiger partial charge < -0.3 is 14.8 Å². The Morgan fingerprint density at radius 1 is 1.17 bits per heavy atom. The van der Waals surface area contributed by atoms with E-state index >= 15 is 0 Å². The quantitative estimate of drug-likeness (QED) is 0.838. The first-order valence-corrected chi connectivity index (χ1v) is 7.17. The summed E-state index contributed by atoms with van der Waals surface area (Å²) >= 11 is 0. The summed E-state index contributed by atoms with van der Waals surface area (Å²) in [5.74, 6) is -1.74. The van der Waals surface area contributed by atoms with Crippen LogP contribution in [0.5, 0.6) is 0 Å². The van der Waals surface area contributed by atoms with Gasteiger partial charge in [0.05, 0.1) is 18.4 Å². The van der Waals surface area contributed by atoms with E-state index in [-0.39, 0.29) is 18.0 Å². The van der Waals surface area contributed by atoms with Gasteiger partial charge in [0.2, 0.25) is 5.91 Å². The van der Waals surface area contributed by atoms with Crippen LogP contribution in [0.4, 0.5) is 5.69 Å². The van der Waals surface area contributed by atoms with Crippen molar-refractivity contribution >= 4 is 29.0 Å². The second kappa shape index (κ2) is 6.04. The summed E-state index contributed by atoms with van der Waals surface area (Å²) in [4.78, 5) is 36.6. The lowest BCUT2D eigenvalue weighted by molar-refractivity contribution is -0.139. The molecule has 0 spiro atoms. The number of aliphatic hydroxyl groups is 1. The molecule has 7 heteroatoms. The van der Waals surface area contributed by atoms with Crippen molar-refractivity contribution in [1.82, 2.24) is 4.90 Å². The molecule has 0 bridgehead atoms. The number of benzene rings is 1. The van der Waals surface area contributed by atoms with E-state index in [0.717, 1.165) is 4.90 Å². The van der Waals surface area contributed by atoms with Crippen molar-refractivity contribution in [2.45, 2.75) is 13.5 Å². The van der Waals surface area contributed by atoms with Gasteiger partial charge >= 0.3 is 0 Å². The van der Waals surface area contributed by atoms with Crippen molar-refractivity contribution in [3.63, 3.8) is 0 Å². The zero-order chi connectivity index (χ0) is 17.3. The monoisotopic (exact) mass is 326 g/mol. The third-order valence-electron chi connectivity index (χ3n) is 3.53. The molecule has 2 aromatic rings. The summed E-state index contributed by atoms with van der Waals surface area (Å²) in [6.07, 6.45) is 1.44. The minimum Gasteiger partial charge on any atom is -0.502 e. The highest BCUT2D eigenvalue weighted by atomic mass is 16.3. The third kappa shape index (κ3) is 2.79. The zero-order valence-corrected chi connectivity index (χ0v) is 12.8. The lowest BCUT2D eigenvalue weighted by Crippen LogP contribution is -2.30. The molecular formula is C17H14N2O5. The first kappa shape index (κ1) is 15.5. The van der Waals surface area contributed by atoms with Gasteiger partial charge in [0.25, 0.3) is 11.8 Å². The van der Waals surface area contributed by atoms with Gasteiger partial charge in [0.15, 0.2) is 5.76 Å². The number of nitrogens with zero attached hydrogens (tertiary/aromatic N) is 1. The van der Waals surface area contributed by atoms with Crippen molar-refractivity contribution in [3.05, 3.63) is 59.7 Å². The number of anilines is 1. The maximum atomic E-state index is 12.5. The van der Waals surface area contributed by atoms with Crippen LogP contribution < -0.4 is 5.32 Å². The number of aliphatic hydroxyl groups excluding tert-OH is 1. The molecule has 1 aliphatic heterocycles. The number of nitrogens with one attached hydrogen (secondary N) is 1. The molecule has 7 nitrogen and oxygen atoms in total. The molecule has 0 aliphatic carbocycles. The molecule has 0 fully saturated rings. The molecule has 3 rings (SSSR count). The van der Waals surface area contributed by atoms with Crippen molar-refractivity contribution in [2.24, 2.45) is 0 Å². The molecule has 1 aromatic carbocycles. The van der Waals surface area contributed by atoms with Crippen molar-refractivity contribution < 1.29 is 23.9 Å². The number of furan rings is 1. The van der Waals surface area contributed by atoms with Gasteiger partial charge in [-0.2, -0.15) is 0 Å². The van der Waals surface area contributed by atoms with Gasteiger partial charge in [-0.3, -0.25) is 19.3 Å². The minimum absolute atomic E-state index is 0.0534. The second-order valence-electron chi connectivity index (χ2n) is 5.26. The van der Waals surface area contributed by atoms with Gasteiger partial charge in [-0.15, -0.1) is 0 Å². The molecule has 0 radical (unpaired) electrons. The average molecular weight is 326 g/mol. The van der Waals surface area contributed by atoms with E-state index in [1.807, 2.05) is 0 Å². The Balaban J connectivity index is 1.86. The zero-order valence-electron chi connectivity index (χ0n) is 12.8. The SMILES string of the molecule is CC(=O)Nc1ccc(C2=C(O)C(=O)N(Cc3ccco3)C2=O)cc1. The van der Waals surface area contributed by atoms with Crippen LogP contribution in [0, 0.1) is 0 Å². The molecule has 2 heterocycles. The van der Waals surface area contributed by atoms with Gasteiger partial charge in [0, 0.05) is 12.6 Å². The van der Waals surface area contributed by atoms with Crippen LogP contribution >= 0.6 is 0 Å². The van der Waals surface area contributed by atoms with E-state index in [4.69, 9.17) is 4.42 Å². The van der Waals surface area contributed by atoms with Crippen LogP contribution in [0.15, 0.2) is 52.8 Å². The van der Waals surface area contributed by atoms with E-state index < -0.39 is 17.6 Å². The summed E-state index contributed by atoms with van der Waals surface area (Å²) in [5.41, 5.74) is 0.874. The number of carbonyl (C=O) groups excluding carboxylic acids is 3. The topological polar surface area (TPSA) is 99.8 Å². The predicted octanol–water partition coefficient (Wildman–Crippen LogP) is 2.08. The van der Waals surface area contributed by atoms with Gasteiger partial charge in [-0.25, -0.2) is 0 Å². The molecule has 0 atom stereocenters. The minimum atomic E-state index is -0.766. The Labute approximate surface area is 137 Å². The van der Waals surface area contributed by atoms with Gasteiger partial charge in [0.1, 0.15) is 5.76 Å². The highest BCUT2D eigenvalue weighted by molar-refractivity contribution is 6.34. The normalized spacial score (nSPS) is 14.5. The molecule has 0 saturated carbocycles. The lowest BCUT2D eigenvalue weighted by Gasteiger charge is -2.12. The molecule has 24 heavy (non-hydrogen) atoms. The van der Waals surface area contributed by atoms with Gasteiger partial charge in [-0.1, -0.05) is 12.1 Å². The van der Waals surface area contributed by atoms with E-state index in [0.29, 0.717) is 17.0 Å². The van der Waals surface area contributed by atoms with Crippen LogP contribution in [0.2, 0.25) is 0 Å². The largest absolute Gasteiger partial charge is 0.502 e. The Morgan fingerprint density at radius 3 is 2.46 bits per heavy atom. The second-order valence-corrected chi connectivity index (χ2v) is 5.26. The van der Waals surface area contributed by atoms with E-state index in [2.05, 4.69) is 5.32 Å². The standard InChI is InChI=1S/C17H14N2O5/c1-10(20)18-12-6-4-11(5-7-12)14-15(21)17(23)19(16(14)22)9-13-3-2-8-24-13/h2-8,21H,9H2,1H3,(H,18,20). The first-order valence-electron chi connectivity index (χ1n) is 7.17. The summed E-state index contributed by atoms with van der Waals surface area (Å²) in [7, 11) is 0. The lowest BCUT2D eigenvalue weighted by atomic mass is 10.1. The summed E-state index contributed by atoms with van der Waals surface area (Å²) in [5, 5.41) is 12.7. The molecule has 3 amide bonds. The molecule has 1 aliphatic rings. The molecule has 0 saturated heterocycles. The fourth-order valence-corrected chi connectivity index (χ4v) is 2.45. The number of amides is 3. The van der Waals surface area contributed by atoms with E-state index in [1.54, 1.807) is 36.4 Å². The van der Waals surface area contributed by atoms with Crippen LogP contribution in [-0.2, 0) is 20.9 Å². The van der Waals surface area contributed by atoms with Crippen LogP contribution in [-0.4, -0.2) is 27.7 Å². The number of hydrogen-bond donors (Lipinski definition) is 2. The maximum absolute atomic E-state index is 12.5. The molecule has 1 aromatic heterocycles. The van der Waals surface area contributed by atoms with Crippen LogP contribution in [0.3, 0.4) is 0 Å². The Kier molecular flexibility index (Phi) is 3.91. The number of carbonyl (C=O) groups is 3. The Hall–Kier alpha value is -3.35. The predicted molar refractivity (Wildman–Crippen MR) is 84.6 cm³/mol. The van der Waals surface area contributed by atoms with E-state index in [1.165, 1.54) is 13.2 Å². The number of rotatable bonds is 4. The Morgan fingerprint density at radius 2 is 1.88 bits per heavy atom. The first-order chi connectivity index (χ1) is 11.5. The average Bonchev–Trinajstić information content (AvgIpc) is 3.12. The molecular weight excluding hydrogens is 312 g/mol. The van der Waals surface area contributed by atoms with Crippen molar-refractivity contribution in [1.29, 1.82) is 0 Å². The molecule has 122 valence electrons. The Bertz CT molecular complexity index is 834. The fourth-order valence-electron chi connectivity index (χ4n) is 2.45. The van der Waals surface area contributed by atoms with Crippen LogP contribution in [0.1, 0.15) is 18.2 Å². The van der Waals surface area contributed by atoms with Crippen molar-refractivity contribution in [3.8, 4) is 0 Å². The molecule has 0 unspecified atom stereocenters. The van der Waals surface area contributed by atoms with E-state index in [9.17, 15) is 19.5 Å². The van der Waals surface area contributed by atoms with Gasteiger partial charge in [-0.05, 0) is 29.8 Å². The maximum Gasteiger partial charge on any atom is 0.296 e. The molecule has 2 N–H and O–H groups in total. The van der Waals surface area contributed by atoms with Crippen LogP contribution in [0.25, 0.3) is 5.57 Å². The summed E-state index contributed by atoms with van der Waals surface area (Å²) in [6, 6.07) is 9.57.